The van der Waals surface area contributed by atoms with Crippen LogP contribution in [0.25, 0.3) is 11.5 Å². The van der Waals surface area contributed by atoms with Crippen LogP contribution in [0, 0.1) is 11.7 Å². The van der Waals surface area contributed by atoms with Gasteiger partial charge in [0.15, 0.2) is 5.82 Å². The summed E-state index contributed by atoms with van der Waals surface area (Å²) < 4.78 is 18.4. The molecule has 3 heterocycles. The Labute approximate surface area is 158 Å². The molecule has 0 aliphatic carbocycles. The van der Waals surface area contributed by atoms with Gasteiger partial charge in [-0.25, -0.2) is 4.39 Å². The predicted octanol–water partition coefficient (Wildman–Crippen LogP) is 4.12. The van der Waals surface area contributed by atoms with E-state index in [0.717, 1.165) is 43.9 Å². The molecule has 1 saturated heterocycles. The lowest BCUT2D eigenvalue weighted by Crippen LogP contribution is -2.35. The summed E-state index contributed by atoms with van der Waals surface area (Å²) in [5, 5.41) is 4.08. The Bertz CT molecular complexity index is 850. The minimum atomic E-state index is -0.272. The van der Waals surface area contributed by atoms with Crippen LogP contribution in [0.3, 0.4) is 0 Å². The average molecular weight is 366 g/mol. The normalized spacial score (nSPS) is 17.9. The first kappa shape index (κ1) is 17.8. The Kier molecular flexibility index (Phi) is 5.53. The third kappa shape index (κ3) is 4.77. The number of hydrogen-bond acceptors (Lipinski definition) is 5. The van der Waals surface area contributed by atoms with E-state index in [-0.39, 0.29) is 5.82 Å². The molecule has 3 aromatic rings. The zero-order chi connectivity index (χ0) is 18.5. The maximum Gasteiger partial charge on any atom is 0.257 e. The van der Waals surface area contributed by atoms with Gasteiger partial charge in [-0.05, 0) is 67.6 Å². The van der Waals surface area contributed by atoms with Crippen LogP contribution >= 0.6 is 0 Å². The molecule has 1 fully saturated rings. The number of halogens is 1. The highest BCUT2D eigenvalue weighted by Crippen LogP contribution is 2.23. The van der Waals surface area contributed by atoms with E-state index in [1.807, 2.05) is 18.5 Å². The summed E-state index contributed by atoms with van der Waals surface area (Å²) in [5.74, 6) is 1.54. The largest absolute Gasteiger partial charge is 0.334 e. The lowest BCUT2D eigenvalue weighted by atomic mass is 9.93. The van der Waals surface area contributed by atoms with Gasteiger partial charge >= 0.3 is 0 Å². The number of hydrogen-bond donors (Lipinski definition) is 0. The van der Waals surface area contributed by atoms with E-state index in [9.17, 15) is 4.39 Å². The van der Waals surface area contributed by atoms with Gasteiger partial charge in [0.1, 0.15) is 5.82 Å². The van der Waals surface area contributed by atoms with Crippen molar-refractivity contribution in [1.82, 2.24) is 20.0 Å². The van der Waals surface area contributed by atoms with E-state index in [4.69, 9.17) is 4.52 Å². The van der Waals surface area contributed by atoms with E-state index in [1.54, 1.807) is 12.1 Å². The highest BCUT2D eigenvalue weighted by molar-refractivity contribution is 5.52. The Morgan fingerprint density at radius 2 is 2.07 bits per heavy atom. The van der Waals surface area contributed by atoms with Crippen molar-refractivity contribution in [1.29, 1.82) is 0 Å². The number of pyridine rings is 1. The quantitative estimate of drug-likeness (QED) is 0.657. The summed E-state index contributed by atoms with van der Waals surface area (Å²) in [7, 11) is 0. The standard InChI is InChI=1S/C21H23FN4O/c22-19-8-6-18(7-9-19)21-24-20(25-27-21)10-5-16-4-2-12-26(14-16)15-17-3-1-11-23-13-17/h1,3,6-9,11,13,16H,2,4-5,10,12,14-15H2. The van der Waals surface area contributed by atoms with Gasteiger partial charge in [-0.3, -0.25) is 9.88 Å². The van der Waals surface area contributed by atoms with Crippen LogP contribution in [-0.4, -0.2) is 33.1 Å². The third-order valence-electron chi connectivity index (χ3n) is 5.07. The van der Waals surface area contributed by atoms with Crippen molar-refractivity contribution in [2.45, 2.75) is 32.2 Å². The molecule has 1 aliphatic rings. The highest BCUT2D eigenvalue weighted by Gasteiger charge is 2.21. The van der Waals surface area contributed by atoms with Crippen LogP contribution in [0.1, 0.15) is 30.7 Å². The molecule has 1 unspecified atom stereocenters. The van der Waals surface area contributed by atoms with E-state index < -0.39 is 0 Å². The maximum absolute atomic E-state index is 13.0. The van der Waals surface area contributed by atoms with Gasteiger partial charge in [0.05, 0.1) is 0 Å². The summed E-state index contributed by atoms with van der Waals surface area (Å²) in [6.07, 6.45) is 8.07. The summed E-state index contributed by atoms with van der Waals surface area (Å²) in [6.45, 7) is 3.20. The second-order valence-electron chi connectivity index (χ2n) is 7.17. The third-order valence-corrected chi connectivity index (χ3v) is 5.07. The number of nitrogens with zero attached hydrogens (tertiary/aromatic N) is 4. The minimum absolute atomic E-state index is 0.272. The van der Waals surface area contributed by atoms with E-state index in [0.29, 0.717) is 11.8 Å². The molecule has 27 heavy (non-hydrogen) atoms. The Morgan fingerprint density at radius 3 is 2.89 bits per heavy atom. The first-order valence-corrected chi connectivity index (χ1v) is 9.46. The fraction of sp³-hybridized carbons (Fsp3) is 0.381. The van der Waals surface area contributed by atoms with E-state index in [1.165, 1.54) is 30.5 Å². The lowest BCUT2D eigenvalue weighted by Gasteiger charge is -2.32. The molecule has 0 bridgehead atoms. The number of rotatable bonds is 6. The number of aryl methyl sites for hydroxylation is 1. The number of piperidine rings is 1. The summed E-state index contributed by atoms with van der Waals surface area (Å²) >= 11 is 0. The van der Waals surface area contributed by atoms with E-state index in [2.05, 4.69) is 26.1 Å². The molecular formula is C21H23FN4O. The number of benzene rings is 1. The number of aromatic nitrogens is 3. The molecule has 1 aliphatic heterocycles. The van der Waals surface area contributed by atoms with Gasteiger partial charge < -0.3 is 4.52 Å². The zero-order valence-electron chi connectivity index (χ0n) is 15.2. The topological polar surface area (TPSA) is 55.1 Å². The molecule has 0 N–H and O–H groups in total. The molecule has 0 saturated carbocycles. The summed E-state index contributed by atoms with van der Waals surface area (Å²) in [6, 6.07) is 10.2. The molecule has 4 rings (SSSR count). The van der Waals surface area contributed by atoms with E-state index >= 15 is 0 Å². The van der Waals surface area contributed by atoms with Crippen LogP contribution in [0.2, 0.25) is 0 Å². The van der Waals surface area contributed by atoms with Crippen molar-refractivity contribution in [2.75, 3.05) is 13.1 Å². The summed E-state index contributed by atoms with van der Waals surface area (Å²) in [4.78, 5) is 11.2. The van der Waals surface area contributed by atoms with Crippen molar-refractivity contribution in [3.8, 4) is 11.5 Å². The molecule has 5 nitrogen and oxygen atoms in total. The second kappa shape index (κ2) is 8.39. The molecule has 2 aromatic heterocycles. The predicted molar refractivity (Wildman–Crippen MR) is 100 cm³/mol. The van der Waals surface area contributed by atoms with Crippen molar-refractivity contribution < 1.29 is 8.91 Å². The van der Waals surface area contributed by atoms with Crippen molar-refractivity contribution in [3.05, 3.63) is 66.0 Å². The molecule has 140 valence electrons. The van der Waals surface area contributed by atoms with Crippen LogP contribution in [0.5, 0.6) is 0 Å². The SMILES string of the molecule is Fc1ccc(-c2nc(CCC3CCCN(Cc4cccnc4)C3)no2)cc1. The van der Waals surface area contributed by atoms with Crippen LogP contribution in [-0.2, 0) is 13.0 Å². The van der Waals surface area contributed by atoms with Gasteiger partial charge in [0.2, 0.25) is 0 Å². The van der Waals surface area contributed by atoms with Gasteiger partial charge in [0.25, 0.3) is 5.89 Å². The number of likely N-dealkylation sites (tertiary alicyclic amines) is 1. The summed E-state index contributed by atoms with van der Waals surface area (Å²) in [5.41, 5.74) is 2.01. The van der Waals surface area contributed by atoms with Gasteiger partial charge in [-0.1, -0.05) is 11.2 Å². The molecule has 1 atom stereocenters. The maximum atomic E-state index is 13.0. The molecule has 6 heteroatoms. The fourth-order valence-electron chi connectivity index (χ4n) is 3.68. The monoisotopic (exact) mass is 366 g/mol. The first-order valence-electron chi connectivity index (χ1n) is 9.46. The Balaban J connectivity index is 1.30. The molecule has 0 amide bonds. The van der Waals surface area contributed by atoms with Gasteiger partial charge in [0, 0.05) is 37.5 Å². The lowest BCUT2D eigenvalue weighted by molar-refractivity contribution is 0.161. The van der Waals surface area contributed by atoms with Crippen LogP contribution in [0.4, 0.5) is 4.39 Å². The molecule has 0 radical (unpaired) electrons. The van der Waals surface area contributed by atoms with Crippen LogP contribution < -0.4 is 0 Å². The highest BCUT2D eigenvalue weighted by atomic mass is 19.1. The smallest absolute Gasteiger partial charge is 0.257 e. The second-order valence-corrected chi connectivity index (χ2v) is 7.17. The average Bonchev–Trinajstić information content (AvgIpc) is 3.17. The first-order chi connectivity index (χ1) is 13.3. The molecule has 0 spiro atoms. The van der Waals surface area contributed by atoms with Crippen molar-refractivity contribution in [3.63, 3.8) is 0 Å². The molecule has 1 aromatic carbocycles. The Hall–Kier alpha value is -2.60. The van der Waals surface area contributed by atoms with Gasteiger partial charge in [-0.15, -0.1) is 0 Å². The zero-order valence-corrected chi connectivity index (χ0v) is 15.2. The van der Waals surface area contributed by atoms with Crippen LogP contribution in [0.15, 0.2) is 53.3 Å². The molecular weight excluding hydrogens is 343 g/mol. The van der Waals surface area contributed by atoms with Crippen molar-refractivity contribution >= 4 is 0 Å². The van der Waals surface area contributed by atoms with Crippen molar-refractivity contribution in [2.24, 2.45) is 5.92 Å². The van der Waals surface area contributed by atoms with Gasteiger partial charge in [-0.2, -0.15) is 4.98 Å². The Morgan fingerprint density at radius 1 is 1.19 bits per heavy atom. The minimum Gasteiger partial charge on any atom is -0.334 e. The fourth-order valence-corrected chi connectivity index (χ4v) is 3.68.